The van der Waals surface area contributed by atoms with Gasteiger partial charge in [0.25, 0.3) is 5.91 Å². The van der Waals surface area contributed by atoms with Crippen LogP contribution in [0.15, 0.2) is 0 Å². The van der Waals surface area contributed by atoms with Crippen LogP contribution in [-0.2, 0) is 19.0 Å². The molecule has 0 saturated carbocycles. The molecule has 0 aromatic carbocycles. The lowest BCUT2D eigenvalue weighted by Gasteiger charge is -2.19. The highest BCUT2D eigenvalue weighted by Crippen LogP contribution is 2.29. The predicted molar refractivity (Wildman–Crippen MR) is 86.2 cm³/mol. The Kier molecular flexibility index (Phi) is 8.83. The number of imide groups is 1. The molecule has 1 saturated heterocycles. The van der Waals surface area contributed by atoms with E-state index in [2.05, 4.69) is 0 Å². The average molecular weight is 351 g/mol. The van der Waals surface area contributed by atoms with E-state index in [0.717, 1.165) is 23.7 Å². The van der Waals surface area contributed by atoms with Gasteiger partial charge < -0.3 is 14.2 Å². The van der Waals surface area contributed by atoms with E-state index < -0.39 is 11.6 Å². The Balaban J connectivity index is 2.03. The first-order valence-corrected chi connectivity index (χ1v) is 8.23. The van der Waals surface area contributed by atoms with Crippen LogP contribution in [0.5, 0.6) is 0 Å². The van der Waals surface area contributed by atoms with Gasteiger partial charge in [-0.25, -0.2) is 9.21 Å². The second kappa shape index (κ2) is 10.1. The van der Waals surface area contributed by atoms with E-state index in [1.807, 2.05) is 0 Å². The summed E-state index contributed by atoms with van der Waals surface area (Å²) < 4.78 is 16.5. The first kappa shape index (κ1) is 20.2. The van der Waals surface area contributed by atoms with Crippen molar-refractivity contribution in [2.75, 3.05) is 46.7 Å². The smallest absolute Gasteiger partial charge is 0.342 e. The summed E-state index contributed by atoms with van der Waals surface area (Å²) in [5.41, 5.74) is -0.968. The number of ether oxygens (including phenoxy) is 3. The zero-order valence-corrected chi connectivity index (χ0v) is 14.9. The fourth-order valence-corrected chi connectivity index (χ4v) is 2.32. The van der Waals surface area contributed by atoms with Crippen molar-refractivity contribution in [1.82, 2.24) is 9.32 Å². The van der Waals surface area contributed by atoms with Crippen molar-refractivity contribution < 1.29 is 23.8 Å². The summed E-state index contributed by atoms with van der Waals surface area (Å²) in [5, 5.41) is 0. The number of unbranched alkanes of at least 4 members (excludes halogenated alkanes) is 2. The third kappa shape index (κ3) is 5.91. The fraction of sp³-hybridized carbons (Fsp3) is 0.867. The molecule has 0 radical (unpaired) electrons. The number of rotatable bonds is 12. The molecule has 1 aliphatic heterocycles. The molecule has 1 fully saturated rings. The summed E-state index contributed by atoms with van der Waals surface area (Å²) in [7, 11) is 1.63. The first-order valence-electron chi connectivity index (χ1n) is 7.89. The lowest BCUT2D eigenvalue weighted by atomic mass is 10.1. The quantitative estimate of drug-likeness (QED) is 0.306. The Morgan fingerprint density at radius 3 is 2.13 bits per heavy atom. The van der Waals surface area contributed by atoms with Crippen molar-refractivity contribution in [1.29, 1.82) is 0 Å². The minimum Gasteiger partial charge on any atom is -0.382 e. The third-order valence-corrected chi connectivity index (χ3v) is 4.20. The maximum Gasteiger partial charge on any atom is 0.342 e. The molecule has 0 aromatic rings. The molecule has 0 atom stereocenters. The summed E-state index contributed by atoms with van der Waals surface area (Å²) in [5.74, 6) is -0.248. The van der Waals surface area contributed by atoms with Gasteiger partial charge in [-0.1, -0.05) is 0 Å². The van der Waals surface area contributed by atoms with E-state index in [0.29, 0.717) is 39.6 Å². The molecule has 0 aliphatic carbocycles. The standard InChI is InChI=1S/C15H27ClN2O5/c1-15(2)13(19)17(14(20)18(15)16)7-5-4-6-8-22-11-12-23-10-9-21-3/h4-12H2,1-3H3. The van der Waals surface area contributed by atoms with Gasteiger partial charge in [-0.2, -0.15) is 0 Å². The fourth-order valence-electron chi connectivity index (χ4n) is 2.16. The van der Waals surface area contributed by atoms with Gasteiger partial charge in [-0.3, -0.25) is 9.69 Å². The van der Waals surface area contributed by atoms with E-state index in [1.54, 1.807) is 21.0 Å². The van der Waals surface area contributed by atoms with Gasteiger partial charge in [0.05, 0.1) is 26.4 Å². The zero-order valence-electron chi connectivity index (χ0n) is 14.2. The normalized spacial score (nSPS) is 17.4. The van der Waals surface area contributed by atoms with Crippen LogP contribution in [0.2, 0.25) is 0 Å². The van der Waals surface area contributed by atoms with Crippen molar-refractivity contribution in [3.05, 3.63) is 0 Å². The van der Waals surface area contributed by atoms with Crippen molar-refractivity contribution in [3.8, 4) is 0 Å². The Labute approximate surface area is 142 Å². The lowest BCUT2D eigenvalue weighted by molar-refractivity contribution is -0.131. The highest BCUT2D eigenvalue weighted by atomic mass is 35.5. The highest BCUT2D eigenvalue weighted by Gasteiger charge is 2.50. The van der Waals surface area contributed by atoms with Crippen LogP contribution in [0.4, 0.5) is 4.79 Å². The van der Waals surface area contributed by atoms with Crippen molar-refractivity contribution in [3.63, 3.8) is 0 Å². The predicted octanol–water partition coefficient (Wildman–Crippen LogP) is 2.03. The molecule has 1 heterocycles. The molecule has 134 valence electrons. The van der Waals surface area contributed by atoms with Gasteiger partial charge >= 0.3 is 6.03 Å². The molecule has 0 N–H and O–H groups in total. The van der Waals surface area contributed by atoms with Crippen molar-refractivity contribution in [2.24, 2.45) is 0 Å². The molecule has 1 rings (SSSR count). The number of hydrogen-bond donors (Lipinski definition) is 0. The van der Waals surface area contributed by atoms with Crippen LogP contribution in [-0.4, -0.2) is 73.5 Å². The minimum absolute atomic E-state index is 0.248. The molecule has 7 nitrogen and oxygen atoms in total. The monoisotopic (exact) mass is 350 g/mol. The average Bonchev–Trinajstić information content (AvgIpc) is 2.67. The van der Waals surface area contributed by atoms with Crippen LogP contribution in [0, 0.1) is 0 Å². The van der Waals surface area contributed by atoms with E-state index in [4.69, 9.17) is 26.0 Å². The Hall–Kier alpha value is -0.890. The summed E-state index contributed by atoms with van der Waals surface area (Å²) in [6.07, 6.45) is 2.50. The molecule has 3 amide bonds. The number of nitrogens with zero attached hydrogens (tertiary/aromatic N) is 2. The SMILES string of the molecule is COCCOCCOCCCCCN1C(=O)N(Cl)C(C)(C)C1=O. The van der Waals surface area contributed by atoms with Crippen LogP contribution >= 0.6 is 11.8 Å². The van der Waals surface area contributed by atoms with Gasteiger partial charge in [0.1, 0.15) is 5.54 Å². The Morgan fingerprint density at radius 1 is 0.957 bits per heavy atom. The molecular formula is C15H27ClN2O5. The van der Waals surface area contributed by atoms with E-state index in [-0.39, 0.29) is 5.91 Å². The Morgan fingerprint density at radius 2 is 1.57 bits per heavy atom. The number of amides is 3. The largest absolute Gasteiger partial charge is 0.382 e. The second-order valence-electron chi connectivity index (χ2n) is 5.86. The van der Waals surface area contributed by atoms with Crippen molar-refractivity contribution >= 4 is 23.7 Å². The molecule has 1 aliphatic rings. The Bertz CT molecular complexity index is 392. The van der Waals surface area contributed by atoms with Gasteiger partial charge in [0, 0.05) is 32.0 Å². The maximum absolute atomic E-state index is 12.1. The first-order chi connectivity index (χ1) is 10.9. The van der Waals surface area contributed by atoms with E-state index >= 15 is 0 Å². The van der Waals surface area contributed by atoms with Crippen molar-refractivity contribution in [2.45, 2.75) is 38.6 Å². The molecule has 0 aromatic heterocycles. The van der Waals surface area contributed by atoms with Crippen LogP contribution in [0.25, 0.3) is 0 Å². The number of carbonyl (C=O) groups is 2. The maximum atomic E-state index is 12.1. The molecule has 23 heavy (non-hydrogen) atoms. The molecular weight excluding hydrogens is 324 g/mol. The molecule has 0 spiro atoms. The van der Waals surface area contributed by atoms with Gasteiger partial charge in [0.2, 0.25) is 0 Å². The van der Waals surface area contributed by atoms with Gasteiger partial charge in [0.15, 0.2) is 0 Å². The zero-order chi connectivity index (χ0) is 17.3. The van der Waals surface area contributed by atoms with Crippen LogP contribution < -0.4 is 0 Å². The molecule has 8 heteroatoms. The number of urea groups is 1. The number of halogens is 1. The summed E-state index contributed by atoms with van der Waals surface area (Å²) in [6, 6.07) is -0.439. The summed E-state index contributed by atoms with van der Waals surface area (Å²) in [6.45, 7) is 6.60. The van der Waals surface area contributed by atoms with Gasteiger partial charge in [-0.15, -0.1) is 0 Å². The highest BCUT2D eigenvalue weighted by molar-refractivity contribution is 6.27. The third-order valence-electron chi connectivity index (χ3n) is 3.63. The second-order valence-corrected chi connectivity index (χ2v) is 6.20. The number of methoxy groups -OCH3 is 1. The summed E-state index contributed by atoms with van der Waals surface area (Å²) in [4.78, 5) is 25.2. The number of hydrogen-bond acceptors (Lipinski definition) is 5. The van der Waals surface area contributed by atoms with E-state index in [9.17, 15) is 9.59 Å². The number of carbonyl (C=O) groups excluding carboxylic acids is 2. The van der Waals surface area contributed by atoms with Gasteiger partial charge in [-0.05, 0) is 33.1 Å². The van der Waals surface area contributed by atoms with Crippen LogP contribution in [0.1, 0.15) is 33.1 Å². The topological polar surface area (TPSA) is 68.3 Å². The lowest BCUT2D eigenvalue weighted by Crippen LogP contribution is -2.39. The summed E-state index contributed by atoms with van der Waals surface area (Å²) >= 11 is 5.87. The van der Waals surface area contributed by atoms with E-state index in [1.165, 1.54) is 4.90 Å². The van der Waals surface area contributed by atoms with Crippen LogP contribution in [0.3, 0.4) is 0 Å². The minimum atomic E-state index is -0.968. The molecule has 0 bridgehead atoms. The molecule has 0 unspecified atom stereocenters.